The van der Waals surface area contributed by atoms with Crippen molar-refractivity contribution in [3.63, 3.8) is 0 Å². The molecule has 0 amide bonds. The van der Waals surface area contributed by atoms with Crippen LogP contribution in [-0.2, 0) is 9.47 Å². The predicted molar refractivity (Wildman–Crippen MR) is 67.5 cm³/mol. The Hall–Kier alpha value is -1.40. The summed E-state index contributed by atoms with van der Waals surface area (Å²) in [7, 11) is 5.15. The van der Waals surface area contributed by atoms with E-state index in [1.54, 1.807) is 14.2 Å². The molecule has 0 bridgehead atoms. The highest BCUT2D eigenvalue weighted by Gasteiger charge is 2.09. The quantitative estimate of drug-likeness (QED) is 0.738. The Morgan fingerprint density at radius 3 is 2.59 bits per heavy atom. The molecule has 1 unspecified atom stereocenters. The highest BCUT2D eigenvalue weighted by Crippen LogP contribution is 2.17. The summed E-state index contributed by atoms with van der Waals surface area (Å²) in [5.74, 6) is 1.63. The molecule has 1 aromatic rings. The third-order valence-electron chi connectivity index (χ3n) is 2.50. The van der Waals surface area contributed by atoms with Crippen LogP contribution in [0, 0.1) is 6.92 Å². The Kier molecular flexibility index (Phi) is 5.65. The summed E-state index contributed by atoms with van der Waals surface area (Å²) in [5.41, 5.74) is 0.988. The Morgan fingerprint density at radius 2 is 2.00 bits per heavy atom. The van der Waals surface area contributed by atoms with Crippen molar-refractivity contribution in [3.8, 4) is 0 Å². The normalized spacial score (nSPS) is 12.2. The molecule has 1 aromatic heterocycles. The summed E-state index contributed by atoms with van der Waals surface area (Å²) < 4.78 is 10.3. The van der Waals surface area contributed by atoms with Crippen LogP contribution in [0.5, 0.6) is 0 Å². The molecule has 0 fully saturated rings. The van der Waals surface area contributed by atoms with E-state index >= 15 is 0 Å². The lowest BCUT2D eigenvalue weighted by Gasteiger charge is -2.16. The van der Waals surface area contributed by atoms with Gasteiger partial charge in [-0.2, -0.15) is 0 Å². The number of ether oxygens (including phenoxy) is 2. The van der Waals surface area contributed by atoms with E-state index in [4.69, 9.17) is 9.47 Å². The van der Waals surface area contributed by atoms with Crippen molar-refractivity contribution < 1.29 is 9.47 Å². The van der Waals surface area contributed by atoms with Gasteiger partial charge in [-0.15, -0.1) is 0 Å². The molecule has 0 aromatic carbocycles. The second kappa shape index (κ2) is 7.03. The molecule has 0 spiro atoms. The van der Waals surface area contributed by atoms with Crippen LogP contribution >= 0.6 is 0 Å². The van der Waals surface area contributed by atoms with Crippen LogP contribution in [0.3, 0.4) is 0 Å². The zero-order valence-electron chi connectivity index (χ0n) is 10.8. The number of methoxy groups -OCH3 is 2. The monoisotopic (exact) mass is 240 g/mol. The van der Waals surface area contributed by atoms with Gasteiger partial charge in [-0.1, -0.05) is 0 Å². The van der Waals surface area contributed by atoms with Crippen molar-refractivity contribution in [2.24, 2.45) is 0 Å². The van der Waals surface area contributed by atoms with Crippen LogP contribution in [0.1, 0.15) is 5.56 Å². The maximum Gasteiger partial charge on any atom is 0.134 e. The van der Waals surface area contributed by atoms with Crippen LogP contribution in [0.25, 0.3) is 0 Å². The Bertz CT molecular complexity index is 346. The minimum absolute atomic E-state index is 0.00685. The fraction of sp³-hybridized carbons (Fsp3) is 0.636. The summed E-state index contributed by atoms with van der Waals surface area (Å²) in [6.07, 6.45) is 1.53. The van der Waals surface area contributed by atoms with Gasteiger partial charge >= 0.3 is 0 Å². The van der Waals surface area contributed by atoms with E-state index in [2.05, 4.69) is 20.6 Å². The van der Waals surface area contributed by atoms with E-state index in [0.717, 1.165) is 17.2 Å². The molecule has 0 saturated heterocycles. The zero-order valence-corrected chi connectivity index (χ0v) is 10.8. The van der Waals surface area contributed by atoms with Gasteiger partial charge in [0, 0.05) is 33.4 Å². The number of anilines is 2. The number of nitrogens with zero attached hydrogens (tertiary/aromatic N) is 2. The van der Waals surface area contributed by atoms with Gasteiger partial charge in [-0.3, -0.25) is 0 Å². The smallest absolute Gasteiger partial charge is 0.134 e. The molecule has 17 heavy (non-hydrogen) atoms. The van der Waals surface area contributed by atoms with E-state index in [9.17, 15) is 0 Å². The number of aromatic nitrogens is 2. The maximum absolute atomic E-state index is 5.26. The lowest BCUT2D eigenvalue weighted by atomic mass is 10.3. The Morgan fingerprint density at radius 1 is 1.29 bits per heavy atom. The molecular formula is C11H20N4O2. The average Bonchev–Trinajstić information content (AvgIpc) is 2.36. The van der Waals surface area contributed by atoms with E-state index in [1.165, 1.54) is 6.33 Å². The van der Waals surface area contributed by atoms with Crippen molar-refractivity contribution in [2.75, 3.05) is 45.1 Å². The largest absolute Gasteiger partial charge is 0.382 e. The van der Waals surface area contributed by atoms with Crippen molar-refractivity contribution in [1.82, 2.24) is 9.97 Å². The van der Waals surface area contributed by atoms with Crippen LogP contribution in [0.2, 0.25) is 0 Å². The lowest BCUT2D eigenvalue weighted by Crippen LogP contribution is -2.27. The highest BCUT2D eigenvalue weighted by atomic mass is 16.5. The van der Waals surface area contributed by atoms with E-state index < -0.39 is 0 Å². The van der Waals surface area contributed by atoms with Crippen LogP contribution in [-0.4, -0.2) is 50.5 Å². The molecule has 0 saturated carbocycles. The van der Waals surface area contributed by atoms with Crippen LogP contribution < -0.4 is 10.6 Å². The van der Waals surface area contributed by atoms with Crippen molar-refractivity contribution in [3.05, 3.63) is 11.9 Å². The molecule has 96 valence electrons. The third-order valence-corrected chi connectivity index (χ3v) is 2.50. The fourth-order valence-electron chi connectivity index (χ4n) is 1.49. The molecule has 6 heteroatoms. The van der Waals surface area contributed by atoms with Gasteiger partial charge in [-0.05, 0) is 6.92 Å². The minimum atomic E-state index is 0.00685. The minimum Gasteiger partial charge on any atom is -0.382 e. The molecule has 0 aliphatic rings. The number of hydrogen-bond donors (Lipinski definition) is 2. The summed E-state index contributed by atoms with van der Waals surface area (Å²) in [6, 6.07) is 0. The van der Waals surface area contributed by atoms with Gasteiger partial charge in [0.15, 0.2) is 0 Å². The van der Waals surface area contributed by atoms with Crippen LogP contribution in [0.15, 0.2) is 6.33 Å². The third kappa shape index (κ3) is 3.83. The SMILES string of the molecule is CNc1ncnc(NCC(COC)OC)c1C. The standard InChI is InChI=1S/C11H20N4O2/c1-8-10(12-2)14-7-15-11(8)13-5-9(17-4)6-16-3/h7,9H,5-6H2,1-4H3,(H2,12,13,14,15). The maximum atomic E-state index is 5.26. The molecule has 0 aliphatic heterocycles. The topological polar surface area (TPSA) is 68.3 Å². The van der Waals surface area contributed by atoms with E-state index in [-0.39, 0.29) is 6.10 Å². The van der Waals surface area contributed by atoms with Gasteiger partial charge in [0.1, 0.15) is 18.0 Å². The molecule has 1 atom stereocenters. The van der Waals surface area contributed by atoms with Crippen molar-refractivity contribution in [2.45, 2.75) is 13.0 Å². The second-order valence-electron chi connectivity index (χ2n) is 3.64. The molecule has 0 radical (unpaired) electrons. The summed E-state index contributed by atoms with van der Waals surface area (Å²) in [4.78, 5) is 8.32. The average molecular weight is 240 g/mol. The van der Waals surface area contributed by atoms with Gasteiger partial charge in [0.05, 0.1) is 12.7 Å². The van der Waals surface area contributed by atoms with Gasteiger partial charge in [-0.25, -0.2) is 9.97 Å². The molecule has 0 aliphatic carbocycles. The zero-order chi connectivity index (χ0) is 12.7. The summed E-state index contributed by atoms with van der Waals surface area (Å²) >= 11 is 0. The first-order valence-electron chi connectivity index (χ1n) is 5.47. The van der Waals surface area contributed by atoms with Crippen molar-refractivity contribution >= 4 is 11.6 Å². The Balaban J connectivity index is 2.62. The number of rotatable bonds is 7. The molecule has 2 N–H and O–H groups in total. The van der Waals surface area contributed by atoms with E-state index in [0.29, 0.717) is 13.2 Å². The molecule has 1 rings (SSSR count). The highest BCUT2D eigenvalue weighted by molar-refractivity contribution is 5.56. The van der Waals surface area contributed by atoms with Gasteiger partial charge in [0.25, 0.3) is 0 Å². The fourth-order valence-corrected chi connectivity index (χ4v) is 1.49. The van der Waals surface area contributed by atoms with Crippen molar-refractivity contribution in [1.29, 1.82) is 0 Å². The predicted octanol–water partition coefficient (Wildman–Crippen LogP) is 0.900. The lowest BCUT2D eigenvalue weighted by molar-refractivity contribution is 0.0365. The van der Waals surface area contributed by atoms with Crippen LogP contribution in [0.4, 0.5) is 11.6 Å². The summed E-state index contributed by atoms with van der Waals surface area (Å²) in [5, 5.41) is 6.24. The first-order valence-corrected chi connectivity index (χ1v) is 5.47. The first kappa shape index (κ1) is 13.7. The Labute approximate surface area is 102 Å². The first-order chi connectivity index (χ1) is 8.22. The molecule has 1 heterocycles. The molecule has 6 nitrogen and oxygen atoms in total. The number of hydrogen-bond acceptors (Lipinski definition) is 6. The van der Waals surface area contributed by atoms with Gasteiger partial charge < -0.3 is 20.1 Å². The summed E-state index contributed by atoms with van der Waals surface area (Å²) in [6.45, 7) is 3.16. The number of nitrogens with one attached hydrogen (secondary N) is 2. The van der Waals surface area contributed by atoms with Gasteiger partial charge in [0.2, 0.25) is 0 Å². The molecular weight excluding hydrogens is 220 g/mol. The van der Waals surface area contributed by atoms with E-state index in [1.807, 2.05) is 14.0 Å². The second-order valence-corrected chi connectivity index (χ2v) is 3.64.